The molecule has 12 rings (SSSR count). The fraction of sp³-hybridized carbons (Fsp3) is 0.532. The number of primary amides is 1. The highest BCUT2D eigenvalue weighted by Gasteiger charge is 2.74. The second kappa shape index (κ2) is 36.3. The lowest BCUT2D eigenvalue weighted by Gasteiger charge is -2.46. The molecule has 34 nitrogen and oxygen atoms in total. The van der Waals surface area contributed by atoms with Gasteiger partial charge in [0.15, 0.2) is 22.5 Å². The molecular formula is C79H105N17O17PS+. The van der Waals surface area contributed by atoms with Crippen molar-refractivity contribution in [1.29, 1.82) is 0 Å². The summed E-state index contributed by atoms with van der Waals surface area (Å²) in [5.74, 6) is -5.15. The molecule has 0 spiro atoms. The van der Waals surface area contributed by atoms with Crippen molar-refractivity contribution in [1.82, 2.24) is 61.0 Å². The third-order valence-corrected chi connectivity index (χ3v) is 25.6. The van der Waals surface area contributed by atoms with Gasteiger partial charge in [0.1, 0.15) is 31.0 Å². The van der Waals surface area contributed by atoms with E-state index in [1.165, 1.54) is 23.3 Å². The average molecular weight is 1630 g/mol. The quantitative estimate of drug-likeness (QED) is 0.00763. The molecule has 2 aliphatic heterocycles. The monoisotopic (exact) mass is 1630 g/mol. The summed E-state index contributed by atoms with van der Waals surface area (Å²) in [4.78, 5) is 143. The summed E-state index contributed by atoms with van der Waals surface area (Å²) < 4.78 is 39.9. The maximum absolute atomic E-state index is 14.4. The first-order valence-corrected chi connectivity index (χ1v) is 41.5. The SMILES string of the molecule is CCOP(=O)(CCCC(=O)N[C@@H](CC(=O)N(C)Cc1cc(NC(=O)[C@H](CCCNC(N)=O)NC(=O)CNC(=O)CCOCCN2C(=O)C=CC2=O)ccc1C[N+](C)(C)CCOC12CC3(C)CC(C)(C1)C(Cn1ncc(-c4ccc(N5CCCc6c5nnc(Nc5nc7ccccc7s5)c6C)nc4C(=O)O)c1C)(C3)C2)C(=O)O)OCC. The minimum atomic E-state index is -3.49. The number of thiazole rings is 1. The Kier molecular flexibility index (Phi) is 27.1. The number of rotatable bonds is 42. The maximum atomic E-state index is 14.4. The number of carboxylic acids is 2. The smallest absolute Gasteiger partial charge is 0.355 e. The molecule has 2 aromatic carbocycles. The summed E-state index contributed by atoms with van der Waals surface area (Å²) >= 11 is 1.53. The summed E-state index contributed by atoms with van der Waals surface area (Å²) in [6, 6.07) is 13.1. The number of carboxylic acid groups (broad SMARTS) is 2. The van der Waals surface area contributed by atoms with Crippen molar-refractivity contribution in [2.75, 3.05) is 109 Å². The zero-order valence-electron chi connectivity index (χ0n) is 66.6. The number of nitrogens with zero attached hydrogens (tertiary/aromatic N) is 10. The Hall–Kier alpha value is -10.2. The number of fused-ring (bicyclic) bond motifs is 2. The van der Waals surface area contributed by atoms with Gasteiger partial charge in [0.05, 0.1) is 94.8 Å². The van der Waals surface area contributed by atoms with Gasteiger partial charge >= 0.3 is 25.6 Å². The second-order valence-electron chi connectivity index (χ2n) is 31.9. The predicted molar refractivity (Wildman–Crippen MR) is 427 cm³/mol. The highest BCUT2D eigenvalue weighted by Crippen LogP contribution is 2.78. The maximum Gasteiger partial charge on any atom is 0.355 e. The third kappa shape index (κ3) is 20.7. The van der Waals surface area contributed by atoms with Gasteiger partial charge in [-0.15, -0.1) is 10.2 Å². The number of carbonyl (C=O) groups excluding carboxylic acids is 8. The highest BCUT2D eigenvalue weighted by molar-refractivity contribution is 7.53. The molecule has 0 saturated heterocycles. The van der Waals surface area contributed by atoms with Gasteiger partial charge in [-0.05, 0) is 150 Å². The van der Waals surface area contributed by atoms with Crippen LogP contribution in [0.15, 0.2) is 72.9 Å². The van der Waals surface area contributed by atoms with Crippen molar-refractivity contribution in [3.05, 3.63) is 107 Å². The molecule has 0 radical (unpaired) electrons. The van der Waals surface area contributed by atoms with Crippen LogP contribution in [0.1, 0.15) is 143 Å². The van der Waals surface area contributed by atoms with Crippen LogP contribution in [0.4, 0.5) is 33.1 Å². The number of carbonyl (C=O) groups is 10. The minimum Gasteiger partial charge on any atom is -0.480 e. The van der Waals surface area contributed by atoms with Gasteiger partial charge in [0.2, 0.25) is 29.5 Å². The van der Waals surface area contributed by atoms with Gasteiger partial charge in [0.25, 0.3) is 11.8 Å². The number of likely N-dealkylation sites (N-methyl/N-ethyl adjacent to an activating group) is 1. The van der Waals surface area contributed by atoms with E-state index in [9.17, 15) is 62.7 Å². The Morgan fingerprint density at radius 1 is 0.817 bits per heavy atom. The molecule has 9 amide bonds. The number of imide groups is 1. The molecule has 4 unspecified atom stereocenters. The lowest BCUT2D eigenvalue weighted by molar-refractivity contribution is -0.904. The number of nitrogens with one attached hydrogen (secondary N) is 6. The number of para-hydroxylation sites is 1. The molecule has 36 heteroatoms. The van der Waals surface area contributed by atoms with Gasteiger partial charge in [-0.2, -0.15) is 5.10 Å². The van der Waals surface area contributed by atoms with E-state index in [4.69, 9.17) is 44.4 Å². The van der Waals surface area contributed by atoms with Crippen LogP contribution in [0.3, 0.4) is 0 Å². The number of ether oxygens (including phenoxy) is 2. The molecule has 4 aliphatic carbocycles. The van der Waals surface area contributed by atoms with Crippen molar-refractivity contribution in [3.8, 4) is 11.1 Å². The van der Waals surface area contributed by atoms with Crippen LogP contribution in [0.5, 0.6) is 0 Å². The number of hydrogen-bond acceptors (Lipinski definition) is 23. The number of urea groups is 1. The molecule has 6 atom stereocenters. The number of aromatic carboxylic acids is 1. The second-order valence-corrected chi connectivity index (χ2v) is 35.1. The molecule has 618 valence electrons. The normalized spacial score (nSPS) is 20.0. The van der Waals surface area contributed by atoms with Gasteiger partial charge in [-0.1, -0.05) is 43.4 Å². The first-order valence-electron chi connectivity index (χ1n) is 38.9. The van der Waals surface area contributed by atoms with Gasteiger partial charge in [0, 0.05) is 97.4 Å². The molecule has 4 saturated carbocycles. The highest BCUT2D eigenvalue weighted by atomic mass is 32.1. The Morgan fingerprint density at radius 2 is 1.57 bits per heavy atom. The average Bonchev–Trinajstić information content (AvgIpc) is 1.50. The zero-order chi connectivity index (χ0) is 82.8. The van der Waals surface area contributed by atoms with E-state index in [1.54, 1.807) is 32.2 Å². The van der Waals surface area contributed by atoms with E-state index in [0.717, 1.165) is 94.6 Å². The molecule has 4 bridgehead atoms. The molecule has 6 aromatic rings. The Balaban J connectivity index is 0.761. The van der Waals surface area contributed by atoms with Crippen molar-refractivity contribution in [3.63, 3.8) is 0 Å². The number of quaternary nitrogens is 1. The molecule has 4 fully saturated rings. The third-order valence-electron chi connectivity index (χ3n) is 22.5. The van der Waals surface area contributed by atoms with Crippen molar-refractivity contribution in [2.24, 2.45) is 22.0 Å². The molecule has 4 aromatic heterocycles. The van der Waals surface area contributed by atoms with E-state index in [2.05, 4.69) is 64.9 Å². The fourth-order valence-corrected chi connectivity index (χ4v) is 20.0. The van der Waals surface area contributed by atoms with E-state index in [0.29, 0.717) is 76.5 Å². The standard InChI is InChI=1S/C79H104N17O17PS/c1-10-112-114(109,113-11-2)36-16-21-63(98)86-59(72(104)105)38-67(102)92(7)41-52-37-53(84-71(103)58(19-14-29-81-74(80)108)85-64(99)40-82-62(97)28-33-110-34-31-94-65(100)26-27-66(94)101)23-22-51(52)42-96(8,9)32-35-111-79-45-76(5)43-77(6,46-79)78(44-76,47-79)48-95-50(4)56(39-83-95)55-24-25-61(88-68(55)73(106)107)93-30-15-17-54-49(3)69(90-91-70(54)93)89-75-87-57-18-12-13-20-60(57)115-75/h12-13,18,20,22-27,37,39,58-59H,10-11,14-17,19,21,28-36,38,40-48H2,1-9H3,(H9-,80,81,82,84,85,86,87,89,90,97,98,99,103,104,105,106,107,108)/p+1/t58-,59-,76?,77?,78?,79?/m0/s1. The molecule has 10 N–H and O–H groups in total. The predicted octanol–water partition coefficient (Wildman–Crippen LogP) is 7.79. The number of aliphatic carboxylic acids is 1. The van der Waals surface area contributed by atoms with E-state index < -0.39 is 97.6 Å². The first-order chi connectivity index (χ1) is 54.6. The van der Waals surface area contributed by atoms with Crippen molar-refractivity contribution >= 4 is 117 Å². The summed E-state index contributed by atoms with van der Waals surface area (Å²) in [7, 11) is 2.11. The van der Waals surface area contributed by atoms with Gasteiger partial charge in [-0.3, -0.25) is 47.7 Å². The van der Waals surface area contributed by atoms with Crippen LogP contribution in [0, 0.1) is 30.1 Å². The fourth-order valence-electron chi connectivity index (χ4n) is 17.5. The largest absolute Gasteiger partial charge is 0.480 e. The molecule has 6 heterocycles. The molecule has 6 aliphatic rings. The van der Waals surface area contributed by atoms with Crippen LogP contribution in [0.2, 0.25) is 0 Å². The number of aromatic nitrogens is 6. The van der Waals surface area contributed by atoms with Crippen molar-refractivity contribution in [2.45, 2.75) is 162 Å². The van der Waals surface area contributed by atoms with Crippen LogP contribution in [-0.4, -0.2) is 225 Å². The van der Waals surface area contributed by atoms with E-state index in [-0.39, 0.29) is 112 Å². The number of hydrogen-bond donors (Lipinski definition) is 9. The van der Waals surface area contributed by atoms with Crippen LogP contribution < -0.4 is 42.5 Å². The number of anilines is 5. The summed E-state index contributed by atoms with van der Waals surface area (Å²) in [6.45, 7) is 14.1. The van der Waals surface area contributed by atoms with E-state index in [1.807, 2.05) is 65.9 Å². The first kappa shape index (κ1) is 85.7. The zero-order valence-corrected chi connectivity index (χ0v) is 68.3. The lowest BCUT2D eigenvalue weighted by atomic mass is 9.65. The Bertz CT molecular complexity index is 4720. The molecule has 115 heavy (non-hydrogen) atoms. The number of benzene rings is 2. The van der Waals surface area contributed by atoms with Crippen LogP contribution >= 0.6 is 18.9 Å². The van der Waals surface area contributed by atoms with Crippen molar-refractivity contribution < 1.29 is 85.7 Å². The summed E-state index contributed by atoms with van der Waals surface area (Å²) in [5, 5.41) is 52.5. The molecular weight excluding hydrogens is 1520 g/mol. The van der Waals surface area contributed by atoms with Gasteiger partial charge < -0.3 is 80.7 Å². The number of amides is 9. The van der Waals surface area contributed by atoms with E-state index >= 15 is 0 Å². The Labute approximate surface area is 670 Å². The topological polar surface area (TPSA) is 442 Å². The summed E-state index contributed by atoms with van der Waals surface area (Å²) in [5.41, 5.74) is 10.8. The minimum absolute atomic E-state index is 0.00791. The number of nitrogens with two attached hydrogens (primary N) is 1. The van der Waals surface area contributed by atoms with Gasteiger partial charge in [-0.25, -0.2) is 24.4 Å². The van der Waals surface area contributed by atoms with Crippen LogP contribution in [0.25, 0.3) is 21.3 Å². The van der Waals surface area contributed by atoms with Crippen LogP contribution in [-0.2, 0) is 87.5 Å². The number of pyridine rings is 1. The lowest BCUT2D eigenvalue weighted by Crippen LogP contribution is -2.48. The summed E-state index contributed by atoms with van der Waals surface area (Å²) in [6.07, 6.45) is 9.21. The Morgan fingerprint density at radius 3 is 2.29 bits per heavy atom.